The number of nitrogens with one attached hydrogen (secondary N) is 1. The lowest BCUT2D eigenvalue weighted by atomic mass is 9.63. The zero-order valence-electron chi connectivity index (χ0n) is 16.6. The number of benzene rings is 1. The van der Waals surface area contributed by atoms with Gasteiger partial charge in [-0.3, -0.25) is 4.90 Å². The molecule has 2 aromatic heterocycles. The smallest absolute Gasteiger partial charge is 0.0581 e. The highest BCUT2D eigenvalue weighted by molar-refractivity contribution is 7.10. The summed E-state index contributed by atoms with van der Waals surface area (Å²) in [5, 5.41) is 3.58. The van der Waals surface area contributed by atoms with Crippen LogP contribution < -0.4 is 5.73 Å². The predicted octanol–water partition coefficient (Wildman–Crippen LogP) is 4.99. The fourth-order valence-electron chi connectivity index (χ4n) is 5.33. The molecule has 1 saturated carbocycles. The van der Waals surface area contributed by atoms with Gasteiger partial charge in [-0.05, 0) is 74.7 Å². The van der Waals surface area contributed by atoms with E-state index in [0.717, 1.165) is 25.7 Å². The molecular weight excluding hydrogens is 350 g/mol. The average Bonchev–Trinajstić information content (AvgIpc) is 3.32. The van der Waals surface area contributed by atoms with Crippen molar-refractivity contribution in [1.82, 2.24) is 9.88 Å². The molecule has 1 aliphatic carbocycles. The summed E-state index contributed by atoms with van der Waals surface area (Å²) in [4.78, 5) is 7.41. The second-order valence-electron chi connectivity index (χ2n) is 8.48. The molecule has 0 saturated heterocycles. The van der Waals surface area contributed by atoms with Crippen LogP contribution in [0.15, 0.2) is 48.0 Å². The van der Waals surface area contributed by atoms with E-state index in [1.165, 1.54) is 21.3 Å². The fourth-order valence-corrected chi connectivity index (χ4v) is 6.43. The van der Waals surface area contributed by atoms with Gasteiger partial charge in [0.2, 0.25) is 0 Å². The van der Waals surface area contributed by atoms with Gasteiger partial charge in [0.25, 0.3) is 0 Å². The highest BCUT2D eigenvalue weighted by atomic mass is 32.1. The van der Waals surface area contributed by atoms with Crippen LogP contribution in [0.5, 0.6) is 0 Å². The van der Waals surface area contributed by atoms with Gasteiger partial charge in [-0.25, -0.2) is 0 Å². The van der Waals surface area contributed by atoms with Gasteiger partial charge in [0.15, 0.2) is 0 Å². The van der Waals surface area contributed by atoms with E-state index in [1.807, 2.05) is 11.3 Å². The predicted molar refractivity (Wildman–Crippen MR) is 116 cm³/mol. The van der Waals surface area contributed by atoms with Gasteiger partial charge in [0, 0.05) is 28.0 Å². The Morgan fingerprint density at radius 1 is 1.26 bits per heavy atom. The van der Waals surface area contributed by atoms with Crippen molar-refractivity contribution in [2.45, 2.75) is 44.2 Å². The van der Waals surface area contributed by atoms with Crippen molar-refractivity contribution in [3.63, 3.8) is 0 Å². The Balaban J connectivity index is 1.69. The normalized spacial score (nSPS) is 27.3. The Bertz CT molecular complexity index is 882. The van der Waals surface area contributed by atoms with Crippen LogP contribution in [-0.2, 0) is 12.0 Å². The maximum Gasteiger partial charge on any atom is 0.0581 e. The van der Waals surface area contributed by atoms with Crippen LogP contribution in [0.25, 0.3) is 10.9 Å². The molecule has 27 heavy (non-hydrogen) atoms. The minimum Gasteiger partial charge on any atom is -0.361 e. The Morgan fingerprint density at radius 2 is 2.07 bits per heavy atom. The Hall–Kier alpha value is -1.62. The summed E-state index contributed by atoms with van der Waals surface area (Å²) in [5.41, 5.74) is 9.23. The molecule has 3 nitrogen and oxygen atoms in total. The van der Waals surface area contributed by atoms with Crippen molar-refractivity contribution in [2.75, 3.05) is 14.1 Å². The standard InChI is InChI=1S/C23H31N3S/c1-16(13-17-15-25-21-8-5-4-7-19(17)21)20-14-18(24)10-11-23(20,26(2)3)22-9-6-12-27-22/h4-9,12,15-16,18,20,25H,10-11,13-14,24H2,1-3H3. The summed E-state index contributed by atoms with van der Waals surface area (Å²) in [6.07, 6.45) is 6.63. The van der Waals surface area contributed by atoms with Crippen molar-refractivity contribution < 1.29 is 0 Å². The number of aromatic nitrogens is 1. The largest absolute Gasteiger partial charge is 0.361 e. The second kappa shape index (κ2) is 7.42. The quantitative estimate of drug-likeness (QED) is 0.654. The molecule has 4 rings (SSSR count). The number of H-pyrrole nitrogens is 1. The van der Waals surface area contributed by atoms with Gasteiger partial charge in [-0.15, -0.1) is 11.3 Å². The highest BCUT2D eigenvalue weighted by Gasteiger charge is 2.48. The molecule has 2 heterocycles. The summed E-state index contributed by atoms with van der Waals surface area (Å²) >= 11 is 1.90. The van der Waals surface area contributed by atoms with Gasteiger partial charge in [-0.2, -0.15) is 0 Å². The van der Waals surface area contributed by atoms with Gasteiger partial charge in [-0.1, -0.05) is 31.2 Å². The molecule has 0 radical (unpaired) electrons. The lowest BCUT2D eigenvalue weighted by molar-refractivity contribution is 0.00122. The molecule has 1 aliphatic rings. The van der Waals surface area contributed by atoms with E-state index in [9.17, 15) is 0 Å². The fraction of sp³-hybridized carbons (Fsp3) is 0.478. The monoisotopic (exact) mass is 381 g/mol. The first-order valence-electron chi connectivity index (χ1n) is 10.0. The third-order valence-corrected chi connectivity index (χ3v) is 7.75. The van der Waals surface area contributed by atoms with Crippen LogP contribution in [0.3, 0.4) is 0 Å². The van der Waals surface area contributed by atoms with Crippen molar-refractivity contribution in [1.29, 1.82) is 0 Å². The molecule has 0 aliphatic heterocycles. The summed E-state index contributed by atoms with van der Waals surface area (Å²) < 4.78 is 0. The number of nitrogens with zero attached hydrogens (tertiary/aromatic N) is 1. The minimum atomic E-state index is 0.0928. The van der Waals surface area contributed by atoms with Crippen molar-refractivity contribution in [3.8, 4) is 0 Å². The van der Waals surface area contributed by atoms with Gasteiger partial charge >= 0.3 is 0 Å². The molecule has 0 spiro atoms. The second-order valence-corrected chi connectivity index (χ2v) is 9.43. The van der Waals surface area contributed by atoms with Gasteiger partial charge < -0.3 is 10.7 Å². The van der Waals surface area contributed by atoms with Crippen LogP contribution in [0.4, 0.5) is 0 Å². The number of rotatable bonds is 5. The SMILES string of the molecule is CC(Cc1c[nH]c2ccccc12)C1CC(N)CCC1(c1cccs1)N(C)C. The van der Waals surface area contributed by atoms with E-state index in [4.69, 9.17) is 5.73 Å². The topological polar surface area (TPSA) is 45.1 Å². The van der Waals surface area contributed by atoms with E-state index in [0.29, 0.717) is 17.9 Å². The van der Waals surface area contributed by atoms with Crippen LogP contribution in [-0.4, -0.2) is 30.0 Å². The number of aromatic amines is 1. The Labute approximate surface area is 166 Å². The molecule has 4 heteroatoms. The van der Waals surface area contributed by atoms with Crippen molar-refractivity contribution in [3.05, 3.63) is 58.4 Å². The highest BCUT2D eigenvalue weighted by Crippen LogP contribution is 2.50. The van der Waals surface area contributed by atoms with E-state index in [2.05, 4.69) is 78.9 Å². The summed E-state index contributed by atoms with van der Waals surface area (Å²) in [6.45, 7) is 2.43. The first kappa shape index (κ1) is 18.7. The number of thiophene rings is 1. The van der Waals surface area contributed by atoms with E-state index in [1.54, 1.807) is 0 Å². The average molecular weight is 382 g/mol. The van der Waals surface area contributed by atoms with E-state index in [-0.39, 0.29) is 5.54 Å². The minimum absolute atomic E-state index is 0.0928. The molecule has 0 bridgehead atoms. The van der Waals surface area contributed by atoms with Crippen molar-refractivity contribution in [2.24, 2.45) is 17.6 Å². The first-order valence-corrected chi connectivity index (χ1v) is 10.9. The summed E-state index contributed by atoms with van der Waals surface area (Å²) in [5.74, 6) is 1.10. The first-order chi connectivity index (χ1) is 13.0. The number of para-hydroxylation sites is 1. The summed E-state index contributed by atoms with van der Waals surface area (Å²) in [7, 11) is 4.50. The third kappa shape index (κ3) is 3.24. The number of hydrogen-bond acceptors (Lipinski definition) is 3. The van der Waals surface area contributed by atoms with E-state index < -0.39 is 0 Å². The van der Waals surface area contributed by atoms with Crippen molar-refractivity contribution >= 4 is 22.2 Å². The van der Waals surface area contributed by atoms with Gasteiger partial charge in [0.05, 0.1) is 5.54 Å². The van der Waals surface area contributed by atoms with Crippen LogP contribution in [0.2, 0.25) is 0 Å². The summed E-state index contributed by atoms with van der Waals surface area (Å²) in [6, 6.07) is 13.5. The molecule has 4 atom stereocenters. The molecule has 1 aromatic carbocycles. The molecule has 3 N–H and O–H groups in total. The Kier molecular flexibility index (Phi) is 5.15. The molecule has 144 valence electrons. The van der Waals surface area contributed by atoms with E-state index >= 15 is 0 Å². The number of fused-ring (bicyclic) bond motifs is 1. The zero-order chi connectivity index (χ0) is 19.0. The number of hydrogen-bond donors (Lipinski definition) is 2. The molecular formula is C23H31N3S. The maximum atomic E-state index is 6.48. The lowest BCUT2D eigenvalue weighted by Crippen LogP contribution is -2.54. The van der Waals surface area contributed by atoms with Crippen LogP contribution in [0.1, 0.15) is 36.6 Å². The third-order valence-electron chi connectivity index (χ3n) is 6.72. The zero-order valence-corrected chi connectivity index (χ0v) is 17.4. The Morgan fingerprint density at radius 3 is 2.81 bits per heavy atom. The molecule has 3 aromatic rings. The number of nitrogens with two attached hydrogens (primary N) is 1. The molecule has 1 fully saturated rings. The molecule has 4 unspecified atom stereocenters. The maximum absolute atomic E-state index is 6.48. The van der Waals surface area contributed by atoms with Gasteiger partial charge in [0.1, 0.15) is 0 Å². The molecule has 0 amide bonds. The van der Waals surface area contributed by atoms with Crippen LogP contribution in [0, 0.1) is 11.8 Å². The van der Waals surface area contributed by atoms with Crippen LogP contribution >= 0.6 is 11.3 Å². The lowest BCUT2D eigenvalue weighted by Gasteiger charge is -2.52.